The third-order valence-corrected chi connectivity index (χ3v) is 17.2. The van der Waals surface area contributed by atoms with Crippen LogP contribution in [0.3, 0.4) is 0 Å². The van der Waals surface area contributed by atoms with Crippen molar-refractivity contribution in [2.45, 2.75) is 91.9 Å². The van der Waals surface area contributed by atoms with Crippen LogP contribution >= 0.6 is 0 Å². The van der Waals surface area contributed by atoms with Crippen LogP contribution in [0.4, 0.5) is 27.1 Å². The van der Waals surface area contributed by atoms with Crippen LogP contribution < -0.4 is 14.5 Å². The molecule has 0 amide bonds. The lowest BCUT2D eigenvalue weighted by Crippen LogP contribution is -2.25. The number of hydrogen-bond acceptors (Lipinski definition) is 4. The molecule has 6 heteroatoms. The number of rotatable bonds is 12. The fraction of sp³-hybridized carbons (Fsp3) is 0.188. The van der Waals surface area contributed by atoms with Crippen LogP contribution in [-0.4, -0.2) is 16.2 Å². The molecular formula is C80H73FN4O. The Bertz CT molecular complexity index is 4420. The van der Waals surface area contributed by atoms with Crippen LogP contribution in [0, 0.1) is 5.82 Å². The Hall–Kier alpha value is -9.52. The number of fused-ring (bicyclic) bond motifs is 4. The maximum absolute atomic E-state index is 15.1. The first kappa shape index (κ1) is 55.7. The molecule has 1 aliphatic rings. The van der Waals surface area contributed by atoms with E-state index in [2.05, 4.69) is 290 Å². The van der Waals surface area contributed by atoms with Crippen LogP contribution in [-0.2, 0) is 10.8 Å². The van der Waals surface area contributed by atoms with Gasteiger partial charge in [-0.2, -0.15) is 0 Å². The fourth-order valence-corrected chi connectivity index (χ4v) is 12.5. The van der Waals surface area contributed by atoms with Crippen molar-refractivity contribution in [3.8, 4) is 73.0 Å². The van der Waals surface area contributed by atoms with E-state index in [-0.39, 0.29) is 16.6 Å². The van der Waals surface area contributed by atoms with E-state index in [1.165, 1.54) is 22.3 Å². The summed E-state index contributed by atoms with van der Waals surface area (Å²) >= 11 is 0. The average Bonchev–Trinajstić information content (AvgIpc) is 2.07. The van der Waals surface area contributed by atoms with Crippen LogP contribution in [0.5, 0.6) is 11.5 Å². The van der Waals surface area contributed by atoms with Crippen LogP contribution in [0.2, 0.25) is 0 Å². The van der Waals surface area contributed by atoms with E-state index in [0.717, 1.165) is 106 Å². The van der Waals surface area contributed by atoms with E-state index in [1.807, 2.05) is 18.3 Å². The van der Waals surface area contributed by atoms with Gasteiger partial charge in [0, 0.05) is 45.9 Å². The van der Waals surface area contributed by atoms with Gasteiger partial charge in [0.1, 0.15) is 29.8 Å². The minimum atomic E-state index is -0.265. The molecule has 12 aromatic rings. The normalized spacial score (nSPS) is 12.7. The van der Waals surface area contributed by atoms with Gasteiger partial charge in [0.2, 0.25) is 0 Å². The molecule has 5 nitrogen and oxygen atoms in total. The predicted molar refractivity (Wildman–Crippen MR) is 360 cm³/mol. The van der Waals surface area contributed by atoms with E-state index in [1.54, 1.807) is 12.1 Å². The summed E-state index contributed by atoms with van der Waals surface area (Å²) in [4.78, 5) is 9.93. The molecule has 0 aliphatic carbocycles. The third kappa shape index (κ3) is 10.5. The Morgan fingerprint density at radius 2 is 1.00 bits per heavy atom. The zero-order valence-corrected chi connectivity index (χ0v) is 51.0. The Morgan fingerprint density at radius 3 is 1.63 bits per heavy atom. The maximum Gasteiger partial charge on any atom is 0.137 e. The van der Waals surface area contributed by atoms with E-state index in [9.17, 15) is 0 Å². The van der Waals surface area contributed by atoms with E-state index < -0.39 is 0 Å². The van der Waals surface area contributed by atoms with Gasteiger partial charge in [-0.25, -0.2) is 9.37 Å². The van der Waals surface area contributed by atoms with Crippen molar-refractivity contribution in [1.82, 2.24) is 9.55 Å². The molecule has 10 aromatic carbocycles. The summed E-state index contributed by atoms with van der Waals surface area (Å²) in [6.45, 7) is 23.2. The van der Waals surface area contributed by atoms with Crippen molar-refractivity contribution >= 4 is 44.6 Å². The molecule has 0 unspecified atom stereocenters. The number of benzene rings is 10. The standard InChI is InChI=1S/C80H73FN4O/c1-51(2)56-40-57(52(3)4)42-58(41-56)71-46-61(80(8,9)10)45-70(55-32-34-62(81)35-33-55)78(71)84-50-83(73-30-19-20-31-74(73)84)63-43-59(77-66(53-22-13-11-14-23-53)27-21-28-67(77)54-24-15-12-16-25-54)44-65(48-63)86-64-36-37-69-68-26-17-18-29-72(68)85(75(69)49-64)76-47-60(38-39-82-76)79(5,6)7/h11-49,51-52H,50H2,1-10H3. The summed E-state index contributed by atoms with van der Waals surface area (Å²) in [5.41, 5.74) is 21.9. The molecule has 3 heterocycles. The van der Waals surface area contributed by atoms with Crippen molar-refractivity contribution in [2.75, 3.05) is 16.5 Å². The Balaban J connectivity index is 1.04. The first-order valence-electron chi connectivity index (χ1n) is 30.3. The number of halogens is 1. The SMILES string of the molecule is CC(C)c1cc(-c2cc(C(C)(C)C)cc(-c3ccc(F)cc3)c2N2CN(c3cc(Oc4ccc5c6ccccc6n(-c6cc(C(C)(C)C)ccn6)c5c4)cc(-c4c(-c5ccccc5)cccc4-c4ccccc4)c3)c3ccccc32)cc(C(C)C)c1. The lowest BCUT2D eigenvalue weighted by molar-refractivity contribution is 0.483. The summed E-state index contributed by atoms with van der Waals surface area (Å²) in [7, 11) is 0. The van der Waals surface area contributed by atoms with Gasteiger partial charge in [-0.1, -0.05) is 209 Å². The van der Waals surface area contributed by atoms with Crippen molar-refractivity contribution in [2.24, 2.45) is 0 Å². The topological polar surface area (TPSA) is 33.5 Å². The number of ether oxygens (including phenoxy) is 1. The van der Waals surface area contributed by atoms with Gasteiger partial charge in [-0.3, -0.25) is 4.57 Å². The second-order valence-corrected chi connectivity index (χ2v) is 25.8. The van der Waals surface area contributed by atoms with Gasteiger partial charge in [0.15, 0.2) is 0 Å². The number of hydrogen-bond donors (Lipinski definition) is 0. The number of anilines is 4. The summed E-state index contributed by atoms with van der Waals surface area (Å²) < 4.78 is 24.7. The molecule has 0 spiro atoms. The van der Waals surface area contributed by atoms with E-state index >= 15 is 4.39 Å². The average molecular weight is 1130 g/mol. The van der Waals surface area contributed by atoms with E-state index in [0.29, 0.717) is 30.0 Å². The lowest BCUT2D eigenvalue weighted by atomic mass is 9.81. The number of para-hydroxylation sites is 3. The Morgan fingerprint density at radius 1 is 0.430 bits per heavy atom. The Kier molecular flexibility index (Phi) is 14.3. The maximum atomic E-state index is 15.1. The number of pyridine rings is 1. The highest BCUT2D eigenvalue weighted by Gasteiger charge is 2.34. The van der Waals surface area contributed by atoms with Crippen LogP contribution in [0.15, 0.2) is 237 Å². The summed E-state index contributed by atoms with van der Waals surface area (Å²) in [6, 6.07) is 82.0. The van der Waals surface area contributed by atoms with E-state index in [4.69, 9.17) is 9.72 Å². The molecular weight excluding hydrogens is 1050 g/mol. The molecule has 2 aromatic heterocycles. The molecule has 0 N–H and O–H groups in total. The highest BCUT2D eigenvalue weighted by molar-refractivity contribution is 6.09. The highest BCUT2D eigenvalue weighted by Crippen LogP contribution is 2.53. The van der Waals surface area contributed by atoms with Gasteiger partial charge < -0.3 is 14.5 Å². The second kappa shape index (κ2) is 22.2. The molecule has 426 valence electrons. The van der Waals surface area contributed by atoms with Crippen LogP contribution in [0.1, 0.15) is 103 Å². The predicted octanol–water partition coefficient (Wildman–Crippen LogP) is 22.5. The first-order valence-corrected chi connectivity index (χ1v) is 30.3. The zero-order valence-electron chi connectivity index (χ0n) is 51.0. The molecule has 1 aliphatic heterocycles. The molecule has 0 atom stereocenters. The minimum absolute atomic E-state index is 0.0686. The first-order chi connectivity index (χ1) is 41.4. The molecule has 0 bridgehead atoms. The summed E-state index contributed by atoms with van der Waals surface area (Å²) in [5.74, 6) is 2.62. The van der Waals surface area contributed by atoms with Gasteiger partial charge in [0.25, 0.3) is 0 Å². The van der Waals surface area contributed by atoms with Gasteiger partial charge in [0.05, 0.1) is 28.1 Å². The zero-order chi connectivity index (χ0) is 59.6. The minimum Gasteiger partial charge on any atom is -0.457 e. The van der Waals surface area contributed by atoms with Gasteiger partial charge in [-0.05, 0) is 168 Å². The smallest absolute Gasteiger partial charge is 0.137 e. The molecule has 0 saturated carbocycles. The monoisotopic (exact) mass is 1120 g/mol. The molecule has 86 heavy (non-hydrogen) atoms. The highest BCUT2D eigenvalue weighted by atomic mass is 19.1. The fourth-order valence-electron chi connectivity index (χ4n) is 12.5. The molecule has 0 fully saturated rings. The third-order valence-electron chi connectivity index (χ3n) is 17.2. The van der Waals surface area contributed by atoms with Gasteiger partial charge >= 0.3 is 0 Å². The van der Waals surface area contributed by atoms with Crippen LogP contribution in [0.25, 0.3) is 83.3 Å². The lowest BCUT2D eigenvalue weighted by Gasteiger charge is -2.31. The number of aromatic nitrogens is 2. The summed E-state index contributed by atoms with van der Waals surface area (Å²) in [6.07, 6.45) is 1.93. The largest absolute Gasteiger partial charge is 0.457 e. The molecule has 0 radical (unpaired) electrons. The van der Waals surface area contributed by atoms with Crippen molar-refractivity contribution in [3.05, 3.63) is 265 Å². The van der Waals surface area contributed by atoms with Crippen molar-refractivity contribution in [3.63, 3.8) is 0 Å². The molecule has 0 saturated heterocycles. The molecule has 13 rings (SSSR count). The van der Waals surface area contributed by atoms with Crippen molar-refractivity contribution < 1.29 is 9.13 Å². The second-order valence-electron chi connectivity index (χ2n) is 25.8. The van der Waals surface area contributed by atoms with Crippen molar-refractivity contribution in [1.29, 1.82) is 0 Å². The number of nitrogens with zero attached hydrogens (tertiary/aromatic N) is 4. The van der Waals surface area contributed by atoms with Gasteiger partial charge in [-0.15, -0.1) is 0 Å². The quantitative estimate of drug-likeness (QED) is 0.122. The summed E-state index contributed by atoms with van der Waals surface area (Å²) in [5, 5.41) is 2.27. The Labute approximate surface area is 506 Å².